The standard InChI is InChI=1S/C21H28P.CHF3O3S/c1-3-4-17-22(2)20(18-11-7-5-8-12-18)15-16-21(22)19-13-9-6-10-14-19;2-1(3,4)8(5,6)7/h5-14,20-21H,3-4,15-17H2,1-2H3;(H,5,6,7)/q+1;/p-1/t20-,21-;/m1./s1. The molecule has 166 valence electrons. The minimum atomic E-state index is -6.09. The molecule has 2 aromatic carbocycles. The van der Waals surface area contributed by atoms with Gasteiger partial charge in [0.25, 0.3) is 0 Å². The molecule has 0 N–H and O–H groups in total. The highest BCUT2D eigenvalue weighted by molar-refractivity contribution is 7.86. The normalized spacial score (nSPS) is 21.0. The summed E-state index contributed by atoms with van der Waals surface area (Å²) in [5.74, 6) is 0. The summed E-state index contributed by atoms with van der Waals surface area (Å²) in [7, 11) is -7.09. The predicted octanol–water partition coefficient (Wildman–Crippen LogP) is 6.76. The van der Waals surface area contributed by atoms with Gasteiger partial charge in [0.05, 0.1) is 24.1 Å². The molecule has 0 amide bonds. The summed E-state index contributed by atoms with van der Waals surface area (Å²) in [5.41, 5.74) is -0.843. The van der Waals surface area contributed by atoms with Crippen molar-refractivity contribution in [3.63, 3.8) is 0 Å². The quantitative estimate of drug-likeness (QED) is 0.281. The van der Waals surface area contributed by atoms with Crippen molar-refractivity contribution in [1.29, 1.82) is 0 Å². The van der Waals surface area contributed by atoms with Crippen molar-refractivity contribution < 1.29 is 26.1 Å². The summed E-state index contributed by atoms with van der Waals surface area (Å²) in [4.78, 5) is 0. The van der Waals surface area contributed by atoms with Crippen LogP contribution < -0.4 is 0 Å². The van der Waals surface area contributed by atoms with Gasteiger partial charge < -0.3 is 4.55 Å². The fourth-order valence-corrected chi connectivity index (χ4v) is 9.54. The maximum Gasteiger partial charge on any atom is 0.485 e. The highest BCUT2D eigenvalue weighted by Crippen LogP contribution is 2.82. The molecule has 30 heavy (non-hydrogen) atoms. The van der Waals surface area contributed by atoms with Gasteiger partial charge in [-0.2, -0.15) is 13.2 Å². The smallest absolute Gasteiger partial charge is 0.485 e. The van der Waals surface area contributed by atoms with Gasteiger partial charge in [0, 0.05) is 7.26 Å². The van der Waals surface area contributed by atoms with E-state index in [4.69, 9.17) is 13.0 Å². The first-order chi connectivity index (χ1) is 14.0. The first-order valence-electron chi connectivity index (χ1n) is 9.97. The highest BCUT2D eigenvalue weighted by Gasteiger charge is 2.53. The molecule has 0 saturated carbocycles. The molecule has 1 saturated heterocycles. The van der Waals surface area contributed by atoms with Gasteiger partial charge in [-0.05, 0) is 30.4 Å². The third-order valence-electron chi connectivity index (χ3n) is 5.78. The Morgan fingerprint density at radius 2 is 1.30 bits per heavy atom. The summed E-state index contributed by atoms with van der Waals surface area (Å²) in [5, 5.41) is 0. The Hall–Kier alpha value is -1.43. The van der Waals surface area contributed by atoms with Crippen LogP contribution in [0.3, 0.4) is 0 Å². The van der Waals surface area contributed by atoms with E-state index in [1.807, 2.05) is 0 Å². The fraction of sp³-hybridized carbons (Fsp3) is 0.455. The number of alkyl halides is 3. The van der Waals surface area contributed by atoms with Crippen LogP contribution in [0.2, 0.25) is 0 Å². The second kappa shape index (κ2) is 10.3. The van der Waals surface area contributed by atoms with Crippen LogP contribution in [0.5, 0.6) is 0 Å². The van der Waals surface area contributed by atoms with Gasteiger partial charge >= 0.3 is 5.51 Å². The van der Waals surface area contributed by atoms with Crippen LogP contribution in [0.15, 0.2) is 60.7 Å². The number of hydrogen-bond donors (Lipinski definition) is 0. The van der Waals surface area contributed by atoms with Crippen molar-refractivity contribution in [3.8, 4) is 0 Å². The Morgan fingerprint density at radius 1 is 0.933 bits per heavy atom. The van der Waals surface area contributed by atoms with Crippen molar-refractivity contribution in [1.82, 2.24) is 0 Å². The fourth-order valence-electron chi connectivity index (χ4n) is 4.30. The summed E-state index contributed by atoms with van der Waals surface area (Å²) in [6.07, 6.45) is 6.90. The van der Waals surface area contributed by atoms with Crippen LogP contribution in [0.25, 0.3) is 0 Å². The van der Waals surface area contributed by atoms with Crippen molar-refractivity contribution in [2.45, 2.75) is 49.4 Å². The van der Waals surface area contributed by atoms with Crippen LogP contribution in [0.1, 0.15) is 55.1 Å². The first-order valence-corrected chi connectivity index (χ1v) is 13.9. The van der Waals surface area contributed by atoms with E-state index in [1.54, 1.807) is 11.1 Å². The predicted molar refractivity (Wildman–Crippen MR) is 116 cm³/mol. The van der Waals surface area contributed by atoms with E-state index in [-0.39, 0.29) is 0 Å². The Balaban J connectivity index is 0.000000343. The molecule has 1 aliphatic heterocycles. The van der Waals surface area contributed by atoms with Crippen LogP contribution in [0, 0.1) is 0 Å². The topological polar surface area (TPSA) is 57.2 Å². The van der Waals surface area contributed by atoms with Crippen LogP contribution >= 0.6 is 7.26 Å². The lowest BCUT2D eigenvalue weighted by Crippen LogP contribution is -2.21. The molecule has 1 heterocycles. The summed E-state index contributed by atoms with van der Waals surface area (Å²) < 4.78 is 58.9. The average Bonchev–Trinajstić information content (AvgIpc) is 3.04. The number of halogens is 3. The lowest BCUT2D eigenvalue weighted by molar-refractivity contribution is -0.0517. The summed E-state index contributed by atoms with van der Waals surface area (Å²) in [6.45, 7) is 4.99. The molecule has 1 aliphatic rings. The van der Waals surface area contributed by atoms with Gasteiger partial charge in [-0.1, -0.05) is 74.0 Å². The number of benzene rings is 2. The van der Waals surface area contributed by atoms with Gasteiger partial charge in [0.1, 0.15) is 0 Å². The van der Waals surface area contributed by atoms with Gasteiger partial charge in [0.15, 0.2) is 10.1 Å². The SMILES string of the molecule is CCCC[P+]1(C)[C@@H](c2ccccc2)CC[C@@H]1c1ccccc1.O=S(=O)([O-])C(F)(F)F. The molecule has 1 fully saturated rings. The lowest BCUT2D eigenvalue weighted by atomic mass is 10.0. The Bertz CT molecular complexity index is 839. The average molecular weight is 460 g/mol. The Morgan fingerprint density at radius 3 is 1.60 bits per heavy atom. The molecule has 0 spiro atoms. The molecule has 3 nitrogen and oxygen atoms in total. The minimum absolute atomic E-state index is 0.811. The number of unbranched alkanes of at least 4 members (excludes halogenated alkanes) is 1. The zero-order chi connectivity index (χ0) is 22.4. The van der Waals surface area contributed by atoms with Gasteiger partial charge in [0.2, 0.25) is 0 Å². The van der Waals surface area contributed by atoms with Crippen molar-refractivity contribution in [2.75, 3.05) is 12.8 Å². The van der Waals surface area contributed by atoms with Gasteiger partial charge in [-0.25, -0.2) is 8.42 Å². The molecule has 8 heteroatoms. The molecule has 0 unspecified atom stereocenters. The highest BCUT2D eigenvalue weighted by atomic mass is 32.2. The third kappa shape index (κ3) is 6.05. The molecule has 2 atom stereocenters. The summed E-state index contributed by atoms with van der Waals surface area (Å²) >= 11 is 0. The molecule has 0 radical (unpaired) electrons. The van der Waals surface area contributed by atoms with Crippen LogP contribution in [0.4, 0.5) is 13.2 Å². The largest absolute Gasteiger partial charge is 0.741 e. The molecule has 0 aliphatic carbocycles. The molecular weight excluding hydrogens is 432 g/mol. The van der Waals surface area contributed by atoms with Crippen molar-refractivity contribution >= 4 is 17.4 Å². The van der Waals surface area contributed by atoms with Crippen molar-refractivity contribution in [3.05, 3.63) is 71.8 Å². The van der Waals surface area contributed by atoms with E-state index < -0.39 is 22.9 Å². The van der Waals surface area contributed by atoms with E-state index in [9.17, 15) is 13.2 Å². The molecule has 2 aromatic rings. The third-order valence-corrected chi connectivity index (χ3v) is 11.6. The zero-order valence-corrected chi connectivity index (χ0v) is 18.9. The zero-order valence-electron chi connectivity index (χ0n) is 17.2. The van der Waals surface area contributed by atoms with E-state index >= 15 is 0 Å². The van der Waals surface area contributed by atoms with Gasteiger partial charge in [-0.3, -0.25) is 0 Å². The van der Waals surface area contributed by atoms with E-state index in [2.05, 4.69) is 74.3 Å². The van der Waals surface area contributed by atoms with E-state index in [1.165, 1.54) is 31.8 Å². The molecule has 0 aromatic heterocycles. The number of hydrogen-bond acceptors (Lipinski definition) is 3. The molecule has 3 rings (SSSR count). The molecular formula is C22H28F3O3PS. The van der Waals surface area contributed by atoms with Crippen molar-refractivity contribution in [2.24, 2.45) is 0 Å². The molecule has 0 bridgehead atoms. The maximum atomic E-state index is 10.7. The van der Waals surface area contributed by atoms with Crippen LogP contribution in [-0.2, 0) is 10.1 Å². The Kier molecular flexibility index (Phi) is 8.49. The van der Waals surface area contributed by atoms with Crippen LogP contribution in [-0.4, -0.2) is 31.3 Å². The monoisotopic (exact) mass is 460 g/mol. The maximum absolute atomic E-state index is 10.7. The second-order valence-electron chi connectivity index (χ2n) is 7.75. The second-order valence-corrected chi connectivity index (χ2v) is 13.5. The first kappa shape index (κ1) is 24.8. The van der Waals surface area contributed by atoms with E-state index in [0.717, 1.165) is 11.3 Å². The minimum Gasteiger partial charge on any atom is -0.741 e. The lowest BCUT2D eigenvalue weighted by Gasteiger charge is -2.31. The summed E-state index contributed by atoms with van der Waals surface area (Å²) in [6, 6.07) is 22.6. The van der Waals surface area contributed by atoms with E-state index in [0.29, 0.717) is 0 Å². The van der Waals surface area contributed by atoms with Gasteiger partial charge in [-0.15, -0.1) is 0 Å². The Labute approximate surface area is 177 Å². The number of rotatable bonds is 5.